The lowest BCUT2D eigenvalue weighted by Crippen LogP contribution is -2.13. The predicted molar refractivity (Wildman–Crippen MR) is 99.5 cm³/mol. The Labute approximate surface area is 136 Å². The Morgan fingerprint density at radius 3 is 2.36 bits per heavy atom. The van der Waals surface area contributed by atoms with Crippen molar-refractivity contribution in [2.24, 2.45) is 0 Å². The Hall–Kier alpha value is -1.17. The lowest BCUT2D eigenvalue weighted by molar-refractivity contribution is 0.514. The largest absolute Gasteiger partial charge is 0.316 e. The SMILES string of the molecule is CNCc1ccccc1-c1ccccc1PC1CCCCC1. The van der Waals surface area contributed by atoms with Crippen molar-refractivity contribution in [3.8, 4) is 11.1 Å². The third-order valence-electron chi connectivity index (χ3n) is 4.57. The fraction of sp³-hybridized carbons (Fsp3) is 0.400. The minimum Gasteiger partial charge on any atom is -0.316 e. The van der Waals surface area contributed by atoms with Gasteiger partial charge in [0.1, 0.15) is 0 Å². The number of benzene rings is 2. The van der Waals surface area contributed by atoms with Gasteiger partial charge in [0.2, 0.25) is 0 Å². The van der Waals surface area contributed by atoms with E-state index >= 15 is 0 Å². The minimum atomic E-state index is 0.909. The summed E-state index contributed by atoms with van der Waals surface area (Å²) < 4.78 is 0. The maximum Gasteiger partial charge on any atom is 0.0208 e. The minimum absolute atomic E-state index is 0.909. The van der Waals surface area contributed by atoms with E-state index in [1.807, 2.05) is 7.05 Å². The Morgan fingerprint density at radius 1 is 0.909 bits per heavy atom. The smallest absolute Gasteiger partial charge is 0.0208 e. The monoisotopic (exact) mass is 311 g/mol. The molecule has 1 unspecified atom stereocenters. The lowest BCUT2D eigenvalue weighted by atomic mass is 9.99. The number of nitrogens with one attached hydrogen (secondary N) is 1. The molecular formula is C20H26NP. The van der Waals surface area contributed by atoms with Crippen LogP contribution in [0.1, 0.15) is 37.7 Å². The predicted octanol–water partition coefficient (Wildman–Crippen LogP) is 4.71. The molecule has 1 atom stereocenters. The van der Waals surface area contributed by atoms with Crippen molar-refractivity contribution < 1.29 is 0 Å². The third kappa shape index (κ3) is 3.77. The zero-order valence-corrected chi connectivity index (χ0v) is 14.4. The summed E-state index contributed by atoms with van der Waals surface area (Å²) in [6.07, 6.45) is 7.13. The molecule has 1 fully saturated rings. The van der Waals surface area contributed by atoms with E-state index in [2.05, 4.69) is 53.8 Å². The highest BCUT2D eigenvalue weighted by atomic mass is 31.1. The summed E-state index contributed by atoms with van der Waals surface area (Å²) in [6.45, 7) is 0.928. The van der Waals surface area contributed by atoms with Gasteiger partial charge in [-0.05, 0) is 47.5 Å². The number of hydrogen-bond acceptors (Lipinski definition) is 1. The molecule has 1 nitrogen and oxygen atoms in total. The van der Waals surface area contributed by atoms with Gasteiger partial charge in [0.05, 0.1) is 0 Å². The first-order chi connectivity index (χ1) is 10.9. The summed E-state index contributed by atoms with van der Waals surface area (Å²) in [5.41, 5.74) is 5.14. The second kappa shape index (κ2) is 7.90. The topological polar surface area (TPSA) is 12.0 Å². The molecule has 0 aliphatic heterocycles. The Balaban J connectivity index is 1.90. The van der Waals surface area contributed by atoms with Crippen molar-refractivity contribution in [2.75, 3.05) is 7.05 Å². The average Bonchev–Trinajstić information content (AvgIpc) is 2.57. The molecule has 22 heavy (non-hydrogen) atoms. The van der Waals surface area contributed by atoms with Crippen LogP contribution in [0.2, 0.25) is 0 Å². The number of hydrogen-bond donors (Lipinski definition) is 1. The summed E-state index contributed by atoms with van der Waals surface area (Å²) >= 11 is 0. The highest BCUT2D eigenvalue weighted by Gasteiger charge is 2.16. The molecule has 1 saturated carbocycles. The van der Waals surface area contributed by atoms with Crippen molar-refractivity contribution in [3.63, 3.8) is 0 Å². The van der Waals surface area contributed by atoms with Crippen molar-refractivity contribution in [3.05, 3.63) is 54.1 Å². The molecule has 3 rings (SSSR count). The first kappa shape index (κ1) is 15.7. The average molecular weight is 311 g/mol. The van der Waals surface area contributed by atoms with E-state index < -0.39 is 0 Å². The summed E-state index contributed by atoms with van der Waals surface area (Å²) in [6, 6.07) is 17.9. The van der Waals surface area contributed by atoms with Crippen LogP contribution in [0.4, 0.5) is 0 Å². The van der Waals surface area contributed by atoms with Crippen LogP contribution in [0.25, 0.3) is 11.1 Å². The molecule has 0 bridgehead atoms. The van der Waals surface area contributed by atoms with Crippen LogP contribution in [-0.4, -0.2) is 12.7 Å². The Morgan fingerprint density at radius 2 is 1.59 bits per heavy atom. The van der Waals surface area contributed by atoms with Crippen LogP contribution < -0.4 is 10.6 Å². The van der Waals surface area contributed by atoms with Crippen molar-refractivity contribution in [2.45, 2.75) is 44.3 Å². The lowest BCUT2D eigenvalue weighted by Gasteiger charge is -2.23. The molecule has 2 heteroatoms. The van der Waals surface area contributed by atoms with Gasteiger partial charge in [-0.15, -0.1) is 0 Å². The second-order valence-corrected chi connectivity index (χ2v) is 7.86. The second-order valence-electron chi connectivity index (χ2n) is 6.21. The number of rotatable bonds is 5. The molecule has 0 amide bonds. The third-order valence-corrected chi connectivity index (χ3v) is 6.30. The van der Waals surface area contributed by atoms with Gasteiger partial charge in [0, 0.05) is 6.54 Å². The fourth-order valence-electron chi connectivity index (χ4n) is 3.44. The first-order valence-electron chi connectivity index (χ1n) is 8.47. The van der Waals surface area contributed by atoms with E-state index in [1.165, 1.54) is 48.8 Å². The van der Waals surface area contributed by atoms with Crippen LogP contribution >= 0.6 is 8.58 Å². The highest BCUT2D eigenvalue weighted by molar-refractivity contribution is 7.48. The maximum atomic E-state index is 3.30. The molecule has 1 N–H and O–H groups in total. The van der Waals surface area contributed by atoms with Crippen LogP contribution in [0.3, 0.4) is 0 Å². The molecule has 2 aromatic rings. The molecule has 116 valence electrons. The first-order valence-corrected chi connectivity index (χ1v) is 9.54. The van der Waals surface area contributed by atoms with Gasteiger partial charge < -0.3 is 5.32 Å². The zero-order chi connectivity index (χ0) is 15.2. The molecule has 0 radical (unpaired) electrons. The van der Waals surface area contributed by atoms with Gasteiger partial charge in [0.25, 0.3) is 0 Å². The van der Waals surface area contributed by atoms with E-state index in [1.54, 1.807) is 5.30 Å². The normalized spacial score (nSPS) is 16.4. The van der Waals surface area contributed by atoms with Crippen LogP contribution in [0, 0.1) is 0 Å². The molecular weight excluding hydrogens is 285 g/mol. The van der Waals surface area contributed by atoms with Crippen LogP contribution in [0.15, 0.2) is 48.5 Å². The summed E-state index contributed by atoms with van der Waals surface area (Å²) in [5, 5.41) is 4.85. The molecule has 1 aliphatic rings. The van der Waals surface area contributed by atoms with E-state index in [9.17, 15) is 0 Å². The quantitative estimate of drug-likeness (QED) is 0.789. The van der Waals surface area contributed by atoms with Crippen molar-refractivity contribution >= 4 is 13.9 Å². The summed E-state index contributed by atoms with van der Waals surface area (Å²) in [4.78, 5) is 0. The molecule has 1 aliphatic carbocycles. The summed E-state index contributed by atoms with van der Waals surface area (Å²) in [5.74, 6) is 0. The van der Waals surface area contributed by atoms with E-state index in [0.29, 0.717) is 0 Å². The Kier molecular flexibility index (Phi) is 5.64. The van der Waals surface area contributed by atoms with E-state index in [0.717, 1.165) is 20.8 Å². The molecule has 0 spiro atoms. The van der Waals surface area contributed by atoms with Crippen molar-refractivity contribution in [1.82, 2.24) is 5.32 Å². The Bertz CT molecular complexity index is 602. The molecule has 0 saturated heterocycles. The van der Waals surface area contributed by atoms with E-state index in [-0.39, 0.29) is 0 Å². The molecule has 2 aromatic carbocycles. The standard InChI is InChI=1S/C20H26NP/c1-21-15-16-9-5-6-12-18(16)19-13-7-8-14-20(19)22-17-10-3-2-4-11-17/h5-9,12-14,17,21-22H,2-4,10-11,15H2,1H3. The van der Waals surface area contributed by atoms with Gasteiger partial charge in [-0.2, -0.15) is 0 Å². The highest BCUT2D eigenvalue weighted by Crippen LogP contribution is 2.35. The van der Waals surface area contributed by atoms with Crippen LogP contribution in [-0.2, 0) is 6.54 Å². The molecule has 0 heterocycles. The summed E-state index contributed by atoms with van der Waals surface area (Å²) in [7, 11) is 2.98. The molecule has 0 aromatic heterocycles. The van der Waals surface area contributed by atoms with Crippen molar-refractivity contribution in [1.29, 1.82) is 0 Å². The maximum absolute atomic E-state index is 3.30. The van der Waals surface area contributed by atoms with E-state index in [4.69, 9.17) is 0 Å². The van der Waals surface area contributed by atoms with Gasteiger partial charge in [0.15, 0.2) is 0 Å². The van der Waals surface area contributed by atoms with Gasteiger partial charge in [-0.3, -0.25) is 0 Å². The van der Waals surface area contributed by atoms with Crippen LogP contribution in [0.5, 0.6) is 0 Å². The van der Waals surface area contributed by atoms with Gasteiger partial charge in [-0.25, -0.2) is 0 Å². The van der Waals surface area contributed by atoms with Gasteiger partial charge >= 0.3 is 0 Å². The van der Waals surface area contributed by atoms with Gasteiger partial charge in [-0.1, -0.05) is 76.4 Å². The zero-order valence-electron chi connectivity index (χ0n) is 13.4. The fourth-order valence-corrected chi connectivity index (χ4v) is 5.14.